The van der Waals surface area contributed by atoms with Gasteiger partial charge in [-0.2, -0.15) is 5.26 Å². The van der Waals surface area contributed by atoms with Crippen LogP contribution in [0, 0.1) is 11.3 Å². The van der Waals surface area contributed by atoms with Crippen LogP contribution in [0.15, 0.2) is 33.9 Å². The molecule has 1 heterocycles. The Balaban J connectivity index is 2.30. The van der Waals surface area contributed by atoms with Gasteiger partial charge in [0.25, 0.3) is 11.5 Å². The van der Waals surface area contributed by atoms with Crippen molar-refractivity contribution in [3.8, 4) is 6.07 Å². The number of unbranched alkanes of at least 4 members (excludes halogenated alkanes) is 1. The summed E-state index contributed by atoms with van der Waals surface area (Å²) in [5, 5.41) is 11.1. The fraction of sp³-hybridized carbons (Fsp3) is 0.294. The van der Waals surface area contributed by atoms with E-state index < -0.39 is 17.2 Å². The fourth-order valence-electron chi connectivity index (χ4n) is 2.28. The average Bonchev–Trinajstić information content (AvgIpc) is 2.59. The van der Waals surface area contributed by atoms with Crippen LogP contribution in [0.2, 0.25) is 0 Å². The molecule has 0 fully saturated rings. The number of aromatic amines is 1. The van der Waals surface area contributed by atoms with Crippen LogP contribution in [-0.4, -0.2) is 15.5 Å². The first-order chi connectivity index (χ1) is 12.0. The molecule has 0 aliphatic rings. The van der Waals surface area contributed by atoms with E-state index in [-0.39, 0.29) is 24.5 Å². The van der Waals surface area contributed by atoms with Crippen molar-refractivity contribution >= 4 is 17.4 Å². The standard InChI is InChI=1S/C17H19N5O3/c1-2-3-10-22-16(24)13(14(19)21-17(22)25)20-15(23)12-6-4-11(5-7-12)8-9-18/h4-7H,2-3,8,10,19H2,1H3,(H,20,23)(H,21,25). The maximum atomic E-state index is 12.4. The lowest BCUT2D eigenvalue weighted by Gasteiger charge is -2.11. The van der Waals surface area contributed by atoms with Gasteiger partial charge in [-0.25, -0.2) is 4.79 Å². The van der Waals surface area contributed by atoms with Crippen LogP contribution in [-0.2, 0) is 13.0 Å². The van der Waals surface area contributed by atoms with Gasteiger partial charge in [-0.3, -0.25) is 19.1 Å². The molecule has 8 heteroatoms. The van der Waals surface area contributed by atoms with Crippen molar-refractivity contribution in [3.63, 3.8) is 0 Å². The minimum atomic E-state index is -0.635. The van der Waals surface area contributed by atoms with E-state index in [1.54, 1.807) is 24.3 Å². The van der Waals surface area contributed by atoms with E-state index in [2.05, 4.69) is 10.3 Å². The van der Waals surface area contributed by atoms with Gasteiger partial charge in [-0.15, -0.1) is 0 Å². The van der Waals surface area contributed by atoms with Crippen molar-refractivity contribution in [1.82, 2.24) is 9.55 Å². The van der Waals surface area contributed by atoms with Gasteiger partial charge < -0.3 is 11.1 Å². The van der Waals surface area contributed by atoms with Crippen LogP contribution >= 0.6 is 0 Å². The summed E-state index contributed by atoms with van der Waals surface area (Å²) in [7, 11) is 0. The number of amides is 1. The zero-order valence-corrected chi connectivity index (χ0v) is 13.8. The molecule has 2 rings (SSSR count). The number of H-pyrrole nitrogens is 1. The number of hydrogen-bond acceptors (Lipinski definition) is 5. The normalized spacial score (nSPS) is 10.2. The summed E-state index contributed by atoms with van der Waals surface area (Å²) >= 11 is 0. The van der Waals surface area contributed by atoms with Crippen molar-refractivity contribution in [1.29, 1.82) is 5.26 Å². The zero-order valence-electron chi connectivity index (χ0n) is 13.8. The molecule has 4 N–H and O–H groups in total. The Morgan fingerprint density at radius 3 is 2.60 bits per heavy atom. The van der Waals surface area contributed by atoms with Crippen molar-refractivity contribution in [2.24, 2.45) is 0 Å². The molecule has 2 aromatic rings. The lowest BCUT2D eigenvalue weighted by Crippen LogP contribution is -2.38. The van der Waals surface area contributed by atoms with Crippen molar-refractivity contribution in [2.45, 2.75) is 32.7 Å². The summed E-state index contributed by atoms with van der Waals surface area (Å²) in [4.78, 5) is 39.0. The Bertz CT molecular complexity index is 919. The van der Waals surface area contributed by atoms with Gasteiger partial charge >= 0.3 is 5.69 Å². The molecule has 0 aliphatic heterocycles. The maximum absolute atomic E-state index is 12.4. The highest BCUT2D eigenvalue weighted by molar-refractivity contribution is 6.05. The van der Waals surface area contributed by atoms with Gasteiger partial charge in [0.05, 0.1) is 12.5 Å². The highest BCUT2D eigenvalue weighted by Crippen LogP contribution is 2.11. The number of aromatic nitrogens is 2. The van der Waals surface area contributed by atoms with Crippen molar-refractivity contribution in [2.75, 3.05) is 11.1 Å². The second-order valence-corrected chi connectivity index (χ2v) is 5.52. The number of benzene rings is 1. The van der Waals surface area contributed by atoms with E-state index in [0.717, 1.165) is 16.6 Å². The monoisotopic (exact) mass is 341 g/mol. The number of hydrogen-bond donors (Lipinski definition) is 3. The number of nitriles is 1. The first kappa shape index (κ1) is 18.0. The third kappa shape index (κ3) is 4.14. The van der Waals surface area contributed by atoms with E-state index in [1.165, 1.54) is 0 Å². The molecule has 8 nitrogen and oxygen atoms in total. The lowest BCUT2D eigenvalue weighted by atomic mass is 10.1. The predicted molar refractivity (Wildman–Crippen MR) is 94.4 cm³/mol. The number of nitrogens with two attached hydrogens (primary N) is 1. The molecule has 1 amide bonds. The Kier molecular flexibility index (Phi) is 5.74. The van der Waals surface area contributed by atoms with Gasteiger partial charge in [-0.05, 0) is 24.1 Å². The minimum Gasteiger partial charge on any atom is -0.383 e. The second-order valence-electron chi connectivity index (χ2n) is 5.52. The molecular formula is C17H19N5O3. The molecular weight excluding hydrogens is 322 g/mol. The number of rotatable bonds is 6. The first-order valence-electron chi connectivity index (χ1n) is 7.87. The Morgan fingerprint density at radius 1 is 1.32 bits per heavy atom. The van der Waals surface area contributed by atoms with E-state index in [0.29, 0.717) is 12.0 Å². The van der Waals surface area contributed by atoms with Crippen LogP contribution < -0.4 is 22.3 Å². The van der Waals surface area contributed by atoms with Crippen molar-refractivity contribution < 1.29 is 4.79 Å². The summed E-state index contributed by atoms with van der Waals surface area (Å²) in [5.41, 5.74) is 5.40. The Morgan fingerprint density at radius 2 is 2.00 bits per heavy atom. The van der Waals surface area contributed by atoms with Gasteiger partial charge in [0.1, 0.15) is 11.5 Å². The van der Waals surface area contributed by atoms with Crippen LogP contribution in [0.4, 0.5) is 11.5 Å². The average molecular weight is 341 g/mol. The number of carbonyl (C=O) groups excluding carboxylic acids is 1. The number of carbonyl (C=O) groups is 1. The summed E-state index contributed by atoms with van der Waals surface area (Å²) in [5.74, 6) is -0.710. The lowest BCUT2D eigenvalue weighted by molar-refractivity contribution is 0.102. The molecule has 0 spiro atoms. The molecule has 0 saturated heterocycles. The maximum Gasteiger partial charge on any atom is 0.330 e. The molecule has 25 heavy (non-hydrogen) atoms. The topological polar surface area (TPSA) is 134 Å². The molecule has 0 bridgehead atoms. The predicted octanol–water partition coefficient (Wildman–Crippen LogP) is 1.24. The van der Waals surface area contributed by atoms with Crippen LogP contribution in [0.3, 0.4) is 0 Å². The van der Waals surface area contributed by atoms with E-state index in [4.69, 9.17) is 11.0 Å². The molecule has 1 aromatic heterocycles. The molecule has 0 saturated carbocycles. The second kappa shape index (κ2) is 7.97. The first-order valence-corrected chi connectivity index (χ1v) is 7.87. The van der Waals surface area contributed by atoms with Gasteiger partial charge in [0.2, 0.25) is 0 Å². The molecule has 130 valence electrons. The highest BCUT2D eigenvalue weighted by atomic mass is 16.2. The third-order valence-corrected chi connectivity index (χ3v) is 3.69. The fourth-order valence-corrected chi connectivity index (χ4v) is 2.28. The van der Waals surface area contributed by atoms with Gasteiger partial charge in [0, 0.05) is 12.1 Å². The molecule has 0 atom stereocenters. The summed E-state index contributed by atoms with van der Waals surface area (Å²) in [6, 6.07) is 8.45. The van der Waals surface area contributed by atoms with Gasteiger partial charge in [0.15, 0.2) is 0 Å². The smallest absolute Gasteiger partial charge is 0.330 e. The van der Waals surface area contributed by atoms with Gasteiger partial charge in [-0.1, -0.05) is 25.5 Å². The Labute approximate surface area is 143 Å². The quantitative estimate of drug-likeness (QED) is 0.726. The summed E-state index contributed by atoms with van der Waals surface area (Å²) in [6.07, 6.45) is 1.71. The number of nitrogens with one attached hydrogen (secondary N) is 2. The van der Waals surface area contributed by atoms with E-state index >= 15 is 0 Å². The summed E-state index contributed by atoms with van der Waals surface area (Å²) in [6.45, 7) is 2.19. The zero-order chi connectivity index (χ0) is 18.4. The highest BCUT2D eigenvalue weighted by Gasteiger charge is 2.15. The van der Waals surface area contributed by atoms with E-state index in [9.17, 15) is 14.4 Å². The van der Waals surface area contributed by atoms with Crippen molar-refractivity contribution in [3.05, 3.63) is 56.2 Å². The number of nitrogens with zero attached hydrogens (tertiary/aromatic N) is 2. The molecule has 1 aromatic carbocycles. The molecule has 0 unspecified atom stereocenters. The minimum absolute atomic E-state index is 0.151. The van der Waals surface area contributed by atoms with E-state index in [1.807, 2.05) is 13.0 Å². The number of nitrogen functional groups attached to an aromatic ring is 1. The SMILES string of the molecule is CCCCn1c(=O)[nH]c(N)c(NC(=O)c2ccc(CC#N)cc2)c1=O. The third-order valence-electron chi connectivity index (χ3n) is 3.69. The van der Waals surface area contributed by atoms with Crippen LogP contribution in [0.1, 0.15) is 35.7 Å². The Hall–Kier alpha value is -3.34. The number of anilines is 2. The molecule has 0 aliphatic carbocycles. The molecule has 0 radical (unpaired) electrons. The van der Waals surface area contributed by atoms with Crippen LogP contribution in [0.5, 0.6) is 0 Å². The largest absolute Gasteiger partial charge is 0.383 e. The summed E-state index contributed by atoms with van der Waals surface area (Å²) < 4.78 is 1.02. The van der Waals surface area contributed by atoms with Crippen LogP contribution in [0.25, 0.3) is 0 Å².